The lowest BCUT2D eigenvalue weighted by atomic mass is 9.90. The maximum atomic E-state index is 12.3. The van der Waals surface area contributed by atoms with Crippen LogP contribution in [-0.4, -0.2) is 22.2 Å². The number of fused-ring (bicyclic) bond motifs is 1. The number of aromatic nitrogens is 2. The minimum absolute atomic E-state index is 0.0687. The first-order chi connectivity index (χ1) is 9.04. The van der Waals surface area contributed by atoms with Gasteiger partial charge in [0.15, 0.2) is 0 Å². The van der Waals surface area contributed by atoms with Crippen LogP contribution in [0.1, 0.15) is 44.0 Å². The second kappa shape index (κ2) is 5.74. The van der Waals surface area contributed by atoms with Crippen LogP contribution in [0.4, 0.5) is 0 Å². The Morgan fingerprint density at radius 1 is 1.63 bits per heavy atom. The summed E-state index contributed by atoms with van der Waals surface area (Å²) < 4.78 is 1.91. The Hall–Kier alpha value is -1.36. The van der Waals surface area contributed by atoms with E-state index in [1.807, 2.05) is 31.8 Å². The standard InChI is InChI=1S/C14H24N4O/c1-9(2)10(7-15)14(19)17-12-5-4-6-13-11(12)8-16-18(13)3/h8-10,12H,4-7,15H2,1-3H3,(H,17,19). The number of nitrogens with zero attached hydrogens (tertiary/aromatic N) is 2. The minimum Gasteiger partial charge on any atom is -0.349 e. The molecule has 1 aromatic heterocycles. The molecule has 5 heteroatoms. The molecule has 19 heavy (non-hydrogen) atoms. The van der Waals surface area contributed by atoms with Gasteiger partial charge in [0.2, 0.25) is 5.91 Å². The van der Waals surface area contributed by atoms with Crippen LogP contribution < -0.4 is 11.1 Å². The summed E-state index contributed by atoms with van der Waals surface area (Å²) in [5, 5.41) is 7.45. The van der Waals surface area contributed by atoms with E-state index in [1.54, 1.807) is 0 Å². The van der Waals surface area contributed by atoms with Crippen LogP contribution >= 0.6 is 0 Å². The lowest BCUT2D eigenvalue weighted by Gasteiger charge is -2.27. The number of nitrogens with two attached hydrogens (primary N) is 1. The Kier molecular flexibility index (Phi) is 4.24. The average molecular weight is 264 g/mol. The second-order valence-electron chi connectivity index (χ2n) is 5.71. The lowest BCUT2D eigenvalue weighted by molar-refractivity contribution is -0.126. The summed E-state index contributed by atoms with van der Waals surface area (Å²) in [5.41, 5.74) is 8.11. The topological polar surface area (TPSA) is 72.9 Å². The molecule has 2 unspecified atom stereocenters. The molecular weight excluding hydrogens is 240 g/mol. The van der Waals surface area contributed by atoms with Crippen LogP contribution in [0.2, 0.25) is 0 Å². The van der Waals surface area contributed by atoms with Crippen LogP contribution in [0, 0.1) is 11.8 Å². The van der Waals surface area contributed by atoms with Crippen LogP contribution in [0.15, 0.2) is 6.20 Å². The molecule has 0 saturated carbocycles. The van der Waals surface area contributed by atoms with Crippen LogP contribution in [0.5, 0.6) is 0 Å². The zero-order chi connectivity index (χ0) is 14.0. The molecule has 3 N–H and O–H groups in total. The first-order valence-electron chi connectivity index (χ1n) is 7.05. The van der Waals surface area contributed by atoms with Gasteiger partial charge in [-0.1, -0.05) is 13.8 Å². The molecule has 0 aromatic carbocycles. The highest BCUT2D eigenvalue weighted by molar-refractivity contribution is 5.79. The lowest BCUT2D eigenvalue weighted by Crippen LogP contribution is -2.40. The fourth-order valence-electron chi connectivity index (χ4n) is 2.82. The van der Waals surface area contributed by atoms with Gasteiger partial charge < -0.3 is 11.1 Å². The van der Waals surface area contributed by atoms with E-state index in [0.717, 1.165) is 19.3 Å². The van der Waals surface area contributed by atoms with Crippen molar-refractivity contribution in [2.75, 3.05) is 6.54 Å². The summed E-state index contributed by atoms with van der Waals surface area (Å²) in [5.74, 6) is 0.225. The van der Waals surface area contributed by atoms with E-state index in [4.69, 9.17) is 5.73 Å². The minimum atomic E-state index is -0.109. The van der Waals surface area contributed by atoms with E-state index in [2.05, 4.69) is 10.4 Å². The average Bonchev–Trinajstić information content (AvgIpc) is 2.73. The molecule has 1 aliphatic rings. The summed E-state index contributed by atoms with van der Waals surface area (Å²) in [4.78, 5) is 12.3. The molecule has 0 saturated heterocycles. The summed E-state index contributed by atoms with van der Waals surface area (Å²) in [6, 6.07) is 0.0951. The van der Waals surface area contributed by atoms with E-state index in [0.29, 0.717) is 6.54 Å². The van der Waals surface area contributed by atoms with Gasteiger partial charge in [0, 0.05) is 24.8 Å². The quantitative estimate of drug-likeness (QED) is 0.856. The van der Waals surface area contributed by atoms with Crippen molar-refractivity contribution in [1.82, 2.24) is 15.1 Å². The van der Waals surface area contributed by atoms with Gasteiger partial charge in [-0.25, -0.2) is 0 Å². The van der Waals surface area contributed by atoms with E-state index >= 15 is 0 Å². The number of hydrogen-bond donors (Lipinski definition) is 2. The molecule has 0 fully saturated rings. The highest BCUT2D eigenvalue weighted by Gasteiger charge is 2.28. The SMILES string of the molecule is CC(C)C(CN)C(=O)NC1CCCc2c1cnn2C. The first kappa shape index (κ1) is 14.1. The van der Waals surface area contributed by atoms with E-state index < -0.39 is 0 Å². The summed E-state index contributed by atoms with van der Waals surface area (Å²) in [6.07, 6.45) is 5.00. The largest absolute Gasteiger partial charge is 0.349 e. The third kappa shape index (κ3) is 2.81. The Balaban J connectivity index is 2.10. The van der Waals surface area contributed by atoms with Crippen LogP contribution in [0.3, 0.4) is 0 Å². The van der Waals surface area contributed by atoms with E-state index in [-0.39, 0.29) is 23.8 Å². The molecule has 2 rings (SSSR count). The molecule has 1 aliphatic carbocycles. The van der Waals surface area contributed by atoms with Crippen molar-refractivity contribution in [2.24, 2.45) is 24.6 Å². The molecule has 1 heterocycles. The highest BCUT2D eigenvalue weighted by atomic mass is 16.2. The maximum Gasteiger partial charge on any atom is 0.225 e. The first-order valence-corrected chi connectivity index (χ1v) is 7.05. The monoisotopic (exact) mass is 264 g/mol. The number of amides is 1. The molecule has 1 amide bonds. The van der Waals surface area contributed by atoms with Crippen molar-refractivity contribution in [1.29, 1.82) is 0 Å². The van der Waals surface area contributed by atoms with Gasteiger partial charge in [0.25, 0.3) is 0 Å². The highest BCUT2D eigenvalue weighted by Crippen LogP contribution is 2.29. The number of hydrogen-bond acceptors (Lipinski definition) is 3. The van der Waals surface area contributed by atoms with Crippen molar-refractivity contribution in [3.63, 3.8) is 0 Å². The second-order valence-corrected chi connectivity index (χ2v) is 5.71. The Morgan fingerprint density at radius 2 is 2.37 bits per heavy atom. The molecular formula is C14H24N4O. The maximum absolute atomic E-state index is 12.3. The molecule has 5 nitrogen and oxygen atoms in total. The van der Waals surface area contributed by atoms with Gasteiger partial charge in [-0.2, -0.15) is 5.10 Å². The number of carbonyl (C=O) groups is 1. The molecule has 0 aliphatic heterocycles. The third-order valence-electron chi connectivity index (χ3n) is 4.09. The zero-order valence-corrected chi connectivity index (χ0v) is 12.0. The number of nitrogens with one attached hydrogen (secondary N) is 1. The summed E-state index contributed by atoms with van der Waals surface area (Å²) in [7, 11) is 1.96. The van der Waals surface area contributed by atoms with Gasteiger partial charge in [0.1, 0.15) is 0 Å². The van der Waals surface area contributed by atoms with Gasteiger partial charge in [-0.05, 0) is 25.2 Å². The molecule has 2 atom stereocenters. The summed E-state index contributed by atoms with van der Waals surface area (Å²) >= 11 is 0. The fourth-order valence-corrected chi connectivity index (χ4v) is 2.82. The molecule has 1 aromatic rings. The predicted octanol–water partition coefficient (Wildman–Crippen LogP) is 1.14. The van der Waals surface area contributed by atoms with Crippen molar-refractivity contribution in [2.45, 2.75) is 39.2 Å². The van der Waals surface area contributed by atoms with Crippen molar-refractivity contribution >= 4 is 5.91 Å². The van der Waals surface area contributed by atoms with E-state index in [9.17, 15) is 4.79 Å². The normalized spacial score (nSPS) is 20.2. The molecule has 106 valence electrons. The zero-order valence-electron chi connectivity index (χ0n) is 12.0. The summed E-state index contributed by atoms with van der Waals surface area (Å²) in [6.45, 7) is 4.47. The Labute approximate surface area is 114 Å². The third-order valence-corrected chi connectivity index (χ3v) is 4.09. The van der Waals surface area contributed by atoms with Crippen molar-refractivity contribution in [3.05, 3.63) is 17.5 Å². The van der Waals surface area contributed by atoms with Gasteiger partial charge in [-0.3, -0.25) is 9.48 Å². The van der Waals surface area contributed by atoms with Crippen LogP contribution in [0.25, 0.3) is 0 Å². The van der Waals surface area contributed by atoms with Crippen LogP contribution in [-0.2, 0) is 18.3 Å². The number of aryl methyl sites for hydroxylation is 1. The van der Waals surface area contributed by atoms with Gasteiger partial charge >= 0.3 is 0 Å². The van der Waals surface area contributed by atoms with Gasteiger partial charge in [-0.15, -0.1) is 0 Å². The number of rotatable bonds is 4. The van der Waals surface area contributed by atoms with E-state index in [1.165, 1.54) is 11.3 Å². The Morgan fingerprint density at radius 3 is 3.00 bits per heavy atom. The molecule has 0 bridgehead atoms. The van der Waals surface area contributed by atoms with Gasteiger partial charge in [0.05, 0.1) is 18.2 Å². The fraction of sp³-hybridized carbons (Fsp3) is 0.714. The van der Waals surface area contributed by atoms with Crippen molar-refractivity contribution < 1.29 is 4.79 Å². The molecule has 0 spiro atoms. The van der Waals surface area contributed by atoms with Crippen molar-refractivity contribution in [3.8, 4) is 0 Å². The smallest absolute Gasteiger partial charge is 0.225 e. The Bertz CT molecular complexity index is 452. The molecule has 0 radical (unpaired) electrons. The number of carbonyl (C=O) groups excluding carboxylic acids is 1. The predicted molar refractivity (Wildman–Crippen MR) is 74.4 cm³/mol.